The van der Waals surface area contributed by atoms with Gasteiger partial charge in [-0.2, -0.15) is 0 Å². The normalized spacial score (nSPS) is 21.4. The molecule has 1 aliphatic carbocycles. The molecule has 0 spiro atoms. The zero-order valence-electron chi connectivity index (χ0n) is 15.6. The molecule has 1 amide bonds. The molecule has 29 heavy (non-hydrogen) atoms. The lowest BCUT2D eigenvalue weighted by molar-refractivity contribution is -0.142. The lowest BCUT2D eigenvalue weighted by Crippen LogP contribution is -2.21. The lowest BCUT2D eigenvalue weighted by atomic mass is 9.81. The first-order valence-electron chi connectivity index (χ1n) is 9.67. The van der Waals surface area contributed by atoms with Gasteiger partial charge in [0.15, 0.2) is 0 Å². The fourth-order valence-corrected chi connectivity index (χ4v) is 4.43. The van der Waals surface area contributed by atoms with Crippen molar-refractivity contribution >= 4 is 29.4 Å². The van der Waals surface area contributed by atoms with Gasteiger partial charge in [-0.1, -0.05) is 0 Å². The van der Waals surface area contributed by atoms with Gasteiger partial charge in [-0.25, -0.2) is 15.0 Å². The summed E-state index contributed by atoms with van der Waals surface area (Å²) in [4.78, 5) is 39.5. The number of anilines is 1. The fourth-order valence-electron chi connectivity index (χ4n) is 4.43. The number of H-pyrrole nitrogens is 1. The summed E-state index contributed by atoms with van der Waals surface area (Å²) in [6, 6.07) is 1.91. The quantitative estimate of drug-likeness (QED) is 0.626. The molecule has 9 nitrogen and oxygen atoms in total. The summed E-state index contributed by atoms with van der Waals surface area (Å²) >= 11 is 0. The number of nitrogens with one attached hydrogen (secondary N) is 1. The Hall–Kier alpha value is -3.49. The zero-order valence-corrected chi connectivity index (χ0v) is 15.6. The van der Waals surface area contributed by atoms with Crippen LogP contribution in [-0.4, -0.2) is 42.6 Å². The molecule has 4 heterocycles. The maximum atomic E-state index is 12.1. The summed E-state index contributed by atoms with van der Waals surface area (Å²) in [5.74, 6) is 0.0421. The minimum Gasteiger partial charge on any atom is -0.481 e. The smallest absolute Gasteiger partial charge is 0.306 e. The molecule has 3 aromatic rings. The van der Waals surface area contributed by atoms with E-state index in [1.54, 1.807) is 12.4 Å². The highest BCUT2D eigenvalue weighted by Crippen LogP contribution is 2.38. The number of carboxylic acid groups (broad SMARTS) is 1. The summed E-state index contributed by atoms with van der Waals surface area (Å²) in [5, 5.41) is 9.27. The van der Waals surface area contributed by atoms with Crippen LogP contribution in [0.5, 0.6) is 0 Å². The molecule has 0 aromatic carbocycles. The minimum atomic E-state index is -0.727. The molecule has 0 unspecified atom stereocenters. The van der Waals surface area contributed by atoms with Crippen molar-refractivity contribution in [2.24, 2.45) is 10.9 Å². The molecule has 4 N–H and O–H groups in total. The van der Waals surface area contributed by atoms with Crippen molar-refractivity contribution in [3.63, 3.8) is 0 Å². The minimum absolute atomic E-state index is 0.142. The van der Waals surface area contributed by atoms with Crippen molar-refractivity contribution in [1.82, 2.24) is 19.4 Å². The number of aromatic nitrogens is 4. The first kappa shape index (κ1) is 17.6. The Labute approximate surface area is 165 Å². The van der Waals surface area contributed by atoms with Crippen LogP contribution in [0.2, 0.25) is 0 Å². The lowest BCUT2D eigenvalue weighted by Gasteiger charge is -2.25. The molecule has 1 fully saturated rings. The topological polar surface area (TPSA) is 139 Å². The van der Waals surface area contributed by atoms with E-state index in [0.717, 1.165) is 24.2 Å². The number of aliphatic imine (C=N–C) groups is 1. The zero-order chi connectivity index (χ0) is 20.1. The second kappa shape index (κ2) is 6.54. The number of nitrogens with zero attached hydrogens (tertiary/aromatic N) is 4. The van der Waals surface area contributed by atoms with E-state index in [1.165, 1.54) is 0 Å². The molecule has 1 aliphatic heterocycles. The van der Waals surface area contributed by atoms with Crippen LogP contribution < -0.4 is 5.73 Å². The van der Waals surface area contributed by atoms with Gasteiger partial charge >= 0.3 is 5.97 Å². The third-order valence-corrected chi connectivity index (χ3v) is 5.94. The third kappa shape index (κ3) is 2.81. The summed E-state index contributed by atoms with van der Waals surface area (Å²) in [7, 11) is 0. The Morgan fingerprint density at radius 1 is 1.28 bits per heavy atom. The maximum absolute atomic E-state index is 12.1. The average Bonchev–Trinajstić information content (AvgIpc) is 3.31. The van der Waals surface area contributed by atoms with Crippen molar-refractivity contribution in [2.45, 2.75) is 38.0 Å². The van der Waals surface area contributed by atoms with Gasteiger partial charge < -0.3 is 15.8 Å². The van der Waals surface area contributed by atoms with Crippen LogP contribution >= 0.6 is 0 Å². The number of hydrogen-bond acceptors (Lipinski definition) is 5. The van der Waals surface area contributed by atoms with Gasteiger partial charge in [-0.05, 0) is 37.3 Å². The number of carboxylic acids is 1. The van der Waals surface area contributed by atoms with E-state index in [0.29, 0.717) is 47.7 Å². The summed E-state index contributed by atoms with van der Waals surface area (Å²) < 4.78 is 1.95. The number of aliphatic carboxylic acids is 1. The van der Waals surface area contributed by atoms with E-state index in [1.807, 2.05) is 16.7 Å². The van der Waals surface area contributed by atoms with Gasteiger partial charge in [0.25, 0.3) is 5.91 Å². The van der Waals surface area contributed by atoms with Crippen molar-refractivity contribution in [1.29, 1.82) is 0 Å². The van der Waals surface area contributed by atoms with Crippen LogP contribution in [0.1, 0.15) is 53.5 Å². The third-order valence-electron chi connectivity index (χ3n) is 5.94. The van der Waals surface area contributed by atoms with Gasteiger partial charge in [-0.15, -0.1) is 0 Å². The highest BCUT2D eigenvalue weighted by atomic mass is 16.4. The van der Waals surface area contributed by atoms with Crippen LogP contribution in [0, 0.1) is 5.92 Å². The first-order valence-corrected chi connectivity index (χ1v) is 9.67. The van der Waals surface area contributed by atoms with Gasteiger partial charge in [0.2, 0.25) is 0 Å². The Kier molecular flexibility index (Phi) is 3.97. The Morgan fingerprint density at radius 2 is 2.07 bits per heavy atom. The second-order valence-corrected chi connectivity index (χ2v) is 7.64. The molecule has 0 atom stereocenters. The Morgan fingerprint density at radius 3 is 2.79 bits per heavy atom. The van der Waals surface area contributed by atoms with Crippen LogP contribution in [0.3, 0.4) is 0 Å². The van der Waals surface area contributed by atoms with E-state index < -0.39 is 5.97 Å². The second-order valence-electron chi connectivity index (χ2n) is 7.64. The molecule has 0 radical (unpaired) electrons. The number of amides is 1. The fraction of sp³-hybridized carbons (Fsp3) is 0.350. The summed E-state index contributed by atoms with van der Waals surface area (Å²) in [5.41, 5.74) is 9.60. The molecule has 0 bridgehead atoms. The van der Waals surface area contributed by atoms with Crippen molar-refractivity contribution in [2.75, 3.05) is 5.73 Å². The summed E-state index contributed by atoms with van der Waals surface area (Å²) in [6.45, 7) is 0. The first-order chi connectivity index (χ1) is 14.0. The molecule has 0 saturated heterocycles. The Bertz CT molecular complexity index is 1170. The van der Waals surface area contributed by atoms with E-state index in [4.69, 9.17) is 10.7 Å². The van der Waals surface area contributed by atoms with Crippen LogP contribution in [0.15, 0.2) is 23.5 Å². The molecule has 2 aliphatic rings. The van der Waals surface area contributed by atoms with E-state index in [2.05, 4.69) is 15.0 Å². The molecular weight excluding hydrogens is 372 g/mol. The number of carbonyl (C=O) groups excluding carboxylic acids is 1. The molecular formula is C20H20N6O3. The highest BCUT2D eigenvalue weighted by Gasteiger charge is 2.31. The van der Waals surface area contributed by atoms with E-state index >= 15 is 0 Å². The standard InChI is InChI=1S/C20H20N6O3/c21-17-16-15(13-9-12-5-6-23-19(27)14(12)24-13)25-18(26(16)8-7-22-17)10-1-3-11(4-2-10)20(28)29/h6-11,24H,1-5H2,(H2,21,22)(H,28,29). The predicted molar refractivity (Wildman–Crippen MR) is 106 cm³/mol. The molecule has 1 saturated carbocycles. The van der Waals surface area contributed by atoms with E-state index in [9.17, 15) is 14.7 Å². The van der Waals surface area contributed by atoms with Gasteiger partial charge in [0, 0.05) is 30.9 Å². The molecule has 148 valence electrons. The summed E-state index contributed by atoms with van der Waals surface area (Å²) in [6.07, 6.45) is 8.44. The van der Waals surface area contributed by atoms with Gasteiger partial charge in [0.1, 0.15) is 28.5 Å². The Balaban J connectivity index is 1.59. The largest absolute Gasteiger partial charge is 0.481 e. The highest BCUT2D eigenvalue weighted by molar-refractivity contribution is 6.03. The SMILES string of the molecule is Nc1nccn2c(C3CCC(C(=O)O)CC3)nc(-c3cc4c([nH]3)C(=O)N=CC4)c12. The van der Waals surface area contributed by atoms with Crippen molar-refractivity contribution in [3.05, 3.63) is 35.5 Å². The number of carbonyl (C=O) groups is 2. The van der Waals surface area contributed by atoms with Crippen LogP contribution in [0.25, 0.3) is 16.9 Å². The number of fused-ring (bicyclic) bond motifs is 2. The van der Waals surface area contributed by atoms with Crippen LogP contribution in [0.4, 0.5) is 5.82 Å². The molecule has 5 rings (SSSR count). The number of rotatable bonds is 3. The van der Waals surface area contributed by atoms with E-state index in [-0.39, 0.29) is 17.7 Å². The number of aromatic amines is 1. The predicted octanol–water partition coefficient (Wildman–Crippen LogP) is 2.43. The average molecular weight is 392 g/mol. The number of hydrogen-bond donors (Lipinski definition) is 3. The number of nitrogen functional groups attached to an aromatic ring is 1. The maximum Gasteiger partial charge on any atom is 0.306 e. The van der Waals surface area contributed by atoms with Crippen molar-refractivity contribution < 1.29 is 14.7 Å². The molecule has 3 aromatic heterocycles. The molecule has 9 heteroatoms. The van der Waals surface area contributed by atoms with Gasteiger partial charge in [0.05, 0.1) is 11.6 Å². The number of nitrogens with two attached hydrogens (primary N) is 1. The van der Waals surface area contributed by atoms with Crippen molar-refractivity contribution in [3.8, 4) is 11.4 Å². The van der Waals surface area contributed by atoms with Gasteiger partial charge in [-0.3, -0.25) is 14.0 Å². The van der Waals surface area contributed by atoms with Crippen LogP contribution in [-0.2, 0) is 11.2 Å². The monoisotopic (exact) mass is 392 g/mol. The number of imidazole rings is 1.